The fourth-order valence-corrected chi connectivity index (χ4v) is 2.37. The van der Waals surface area contributed by atoms with Crippen LogP contribution in [0.15, 0.2) is 30.5 Å². The lowest BCUT2D eigenvalue weighted by Gasteiger charge is -2.13. The van der Waals surface area contributed by atoms with E-state index in [2.05, 4.69) is 28.6 Å². The minimum absolute atomic E-state index is 0.894. The molecule has 1 aliphatic rings. The largest absolute Gasteiger partial charge is 0.497 e. The normalized spacial score (nSPS) is 15.9. The Morgan fingerprint density at radius 1 is 1.29 bits per heavy atom. The second kappa shape index (κ2) is 4.26. The minimum atomic E-state index is 0.894. The highest BCUT2D eigenvalue weighted by Crippen LogP contribution is 2.29. The number of nitrogens with one attached hydrogen (secondary N) is 2. The van der Waals surface area contributed by atoms with Crippen LogP contribution in [0.3, 0.4) is 0 Å². The van der Waals surface area contributed by atoms with Crippen molar-refractivity contribution in [2.45, 2.75) is 6.42 Å². The number of fused-ring (bicyclic) bond motifs is 1. The predicted molar refractivity (Wildman–Crippen MR) is 70.3 cm³/mol. The van der Waals surface area contributed by atoms with Gasteiger partial charge in [-0.1, -0.05) is 6.08 Å². The average Bonchev–Trinajstić information content (AvgIpc) is 2.82. The fourth-order valence-electron chi connectivity index (χ4n) is 2.37. The van der Waals surface area contributed by atoms with E-state index in [9.17, 15) is 0 Å². The molecular weight excluding hydrogens is 212 g/mol. The quantitative estimate of drug-likeness (QED) is 0.829. The van der Waals surface area contributed by atoms with Crippen LogP contribution in [0.1, 0.15) is 12.0 Å². The standard InChI is InChI=1S/C14H16N2O/c1-17-11-2-3-12-13(9-16-14(12)8-11)10-4-6-15-7-5-10/h2-4,8-9,15-16H,5-7H2,1H3. The number of hydrogen-bond acceptors (Lipinski definition) is 2. The van der Waals surface area contributed by atoms with E-state index in [-0.39, 0.29) is 0 Å². The molecule has 0 saturated heterocycles. The lowest BCUT2D eigenvalue weighted by Crippen LogP contribution is -2.19. The lowest BCUT2D eigenvalue weighted by molar-refractivity contribution is 0.415. The SMILES string of the molecule is COc1ccc2c(C3=CCNCC3)c[nH]c2c1. The van der Waals surface area contributed by atoms with Crippen LogP contribution in [-0.4, -0.2) is 25.2 Å². The molecule has 0 unspecified atom stereocenters. The molecule has 0 saturated carbocycles. The number of methoxy groups -OCH3 is 1. The van der Waals surface area contributed by atoms with Crippen LogP contribution in [0.4, 0.5) is 0 Å². The number of rotatable bonds is 2. The number of ether oxygens (including phenoxy) is 1. The summed E-state index contributed by atoms with van der Waals surface area (Å²) < 4.78 is 5.23. The Balaban J connectivity index is 2.08. The molecule has 3 heteroatoms. The van der Waals surface area contributed by atoms with Crippen molar-refractivity contribution in [1.82, 2.24) is 10.3 Å². The topological polar surface area (TPSA) is 37.0 Å². The van der Waals surface area contributed by atoms with Gasteiger partial charge < -0.3 is 15.0 Å². The molecule has 3 rings (SSSR count). The molecule has 0 radical (unpaired) electrons. The summed E-state index contributed by atoms with van der Waals surface area (Å²) in [6, 6.07) is 6.19. The summed E-state index contributed by atoms with van der Waals surface area (Å²) in [4.78, 5) is 3.32. The van der Waals surface area contributed by atoms with Gasteiger partial charge in [0, 0.05) is 35.3 Å². The second-order valence-electron chi connectivity index (χ2n) is 4.30. The molecule has 1 aliphatic heterocycles. The second-order valence-corrected chi connectivity index (χ2v) is 4.30. The van der Waals surface area contributed by atoms with E-state index >= 15 is 0 Å². The van der Waals surface area contributed by atoms with E-state index < -0.39 is 0 Å². The molecule has 0 amide bonds. The maximum Gasteiger partial charge on any atom is 0.120 e. The van der Waals surface area contributed by atoms with Crippen molar-refractivity contribution in [2.75, 3.05) is 20.2 Å². The summed E-state index contributed by atoms with van der Waals surface area (Å²) >= 11 is 0. The van der Waals surface area contributed by atoms with Gasteiger partial charge in [0.2, 0.25) is 0 Å². The maximum atomic E-state index is 5.23. The summed E-state index contributed by atoms with van der Waals surface area (Å²) in [5.41, 5.74) is 3.89. The molecule has 0 atom stereocenters. The van der Waals surface area contributed by atoms with Gasteiger partial charge >= 0.3 is 0 Å². The van der Waals surface area contributed by atoms with E-state index in [1.165, 1.54) is 16.5 Å². The molecule has 1 aromatic carbocycles. The van der Waals surface area contributed by atoms with Crippen molar-refractivity contribution in [1.29, 1.82) is 0 Å². The zero-order valence-electron chi connectivity index (χ0n) is 9.92. The molecule has 0 spiro atoms. The van der Waals surface area contributed by atoms with Crippen molar-refractivity contribution in [2.24, 2.45) is 0 Å². The van der Waals surface area contributed by atoms with Crippen LogP contribution < -0.4 is 10.1 Å². The van der Waals surface area contributed by atoms with Crippen LogP contribution in [0.2, 0.25) is 0 Å². The number of H-pyrrole nitrogens is 1. The van der Waals surface area contributed by atoms with Gasteiger partial charge in [0.25, 0.3) is 0 Å². The molecular formula is C14H16N2O. The van der Waals surface area contributed by atoms with E-state index in [0.717, 1.165) is 30.8 Å². The third-order valence-electron chi connectivity index (χ3n) is 3.30. The van der Waals surface area contributed by atoms with Crippen molar-refractivity contribution in [3.63, 3.8) is 0 Å². The monoisotopic (exact) mass is 228 g/mol. The summed E-state index contributed by atoms with van der Waals surface area (Å²) in [6.07, 6.45) is 5.47. The first kappa shape index (κ1) is 10.4. The highest BCUT2D eigenvalue weighted by Gasteiger charge is 2.11. The summed E-state index contributed by atoms with van der Waals surface area (Å²) in [7, 11) is 1.69. The first-order valence-corrected chi connectivity index (χ1v) is 5.94. The van der Waals surface area contributed by atoms with Gasteiger partial charge in [-0.05, 0) is 30.7 Å². The molecule has 2 aromatic rings. The molecule has 88 valence electrons. The highest BCUT2D eigenvalue weighted by atomic mass is 16.5. The Kier molecular flexibility index (Phi) is 2.61. The van der Waals surface area contributed by atoms with Gasteiger partial charge in [0.15, 0.2) is 0 Å². The van der Waals surface area contributed by atoms with E-state index in [1.807, 2.05) is 12.1 Å². The molecule has 2 heterocycles. The van der Waals surface area contributed by atoms with Crippen LogP contribution in [0.25, 0.3) is 16.5 Å². The van der Waals surface area contributed by atoms with Gasteiger partial charge in [-0.15, -0.1) is 0 Å². The van der Waals surface area contributed by atoms with E-state index in [1.54, 1.807) is 7.11 Å². The molecule has 0 fully saturated rings. The van der Waals surface area contributed by atoms with Crippen LogP contribution >= 0.6 is 0 Å². The zero-order chi connectivity index (χ0) is 11.7. The van der Waals surface area contributed by atoms with Gasteiger partial charge in [-0.3, -0.25) is 0 Å². The Bertz CT molecular complexity index is 569. The first-order chi connectivity index (χ1) is 8.38. The smallest absolute Gasteiger partial charge is 0.120 e. The summed E-state index contributed by atoms with van der Waals surface area (Å²) in [5, 5.41) is 4.61. The van der Waals surface area contributed by atoms with Crippen molar-refractivity contribution in [3.05, 3.63) is 36.0 Å². The third kappa shape index (κ3) is 1.83. The lowest BCUT2D eigenvalue weighted by atomic mass is 10.00. The van der Waals surface area contributed by atoms with Gasteiger partial charge in [0.1, 0.15) is 5.75 Å². The molecule has 2 N–H and O–H groups in total. The number of hydrogen-bond donors (Lipinski definition) is 2. The molecule has 17 heavy (non-hydrogen) atoms. The Labute approximate surface area is 100 Å². The Hall–Kier alpha value is -1.74. The first-order valence-electron chi connectivity index (χ1n) is 5.94. The summed E-state index contributed by atoms with van der Waals surface area (Å²) in [5.74, 6) is 0.894. The van der Waals surface area contributed by atoms with Crippen LogP contribution in [-0.2, 0) is 0 Å². The number of aromatic nitrogens is 1. The van der Waals surface area contributed by atoms with E-state index in [0.29, 0.717) is 0 Å². The van der Waals surface area contributed by atoms with Gasteiger partial charge in [-0.2, -0.15) is 0 Å². The highest BCUT2D eigenvalue weighted by molar-refractivity contribution is 5.93. The van der Waals surface area contributed by atoms with Crippen LogP contribution in [0, 0.1) is 0 Å². The van der Waals surface area contributed by atoms with Crippen molar-refractivity contribution in [3.8, 4) is 5.75 Å². The van der Waals surface area contributed by atoms with Crippen molar-refractivity contribution < 1.29 is 4.74 Å². The zero-order valence-corrected chi connectivity index (χ0v) is 9.92. The molecule has 3 nitrogen and oxygen atoms in total. The molecule has 1 aromatic heterocycles. The minimum Gasteiger partial charge on any atom is -0.497 e. The fraction of sp³-hybridized carbons (Fsp3) is 0.286. The molecule has 0 bridgehead atoms. The average molecular weight is 228 g/mol. The molecule has 0 aliphatic carbocycles. The van der Waals surface area contributed by atoms with Gasteiger partial charge in [0.05, 0.1) is 7.11 Å². The third-order valence-corrected chi connectivity index (χ3v) is 3.30. The van der Waals surface area contributed by atoms with Crippen molar-refractivity contribution >= 4 is 16.5 Å². The van der Waals surface area contributed by atoms with Gasteiger partial charge in [-0.25, -0.2) is 0 Å². The Morgan fingerprint density at radius 3 is 3.00 bits per heavy atom. The Morgan fingerprint density at radius 2 is 2.24 bits per heavy atom. The predicted octanol–water partition coefficient (Wildman–Crippen LogP) is 2.55. The number of aromatic amines is 1. The maximum absolute atomic E-state index is 5.23. The summed E-state index contributed by atoms with van der Waals surface area (Å²) in [6.45, 7) is 2.03. The van der Waals surface area contributed by atoms with E-state index in [4.69, 9.17) is 4.74 Å². The number of benzene rings is 1. The van der Waals surface area contributed by atoms with Crippen LogP contribution in [0.5, 0.6) is 5.75 Å².